The van der Waals surface area contributed by atoms with Gasteiger partial charge in [0.25, 0.3) is 5.91 Å². The normalized spacial score (nSPS) is 16.5. The van der Waals surface area contributed by atoms with Crippen LogP contribution >= 0.6 is 58.2 Å². The van der Waals surface area contributed by atoms with Crippen LogP contribution in [-0.4, -0.2) is 10.2 Å². The van der Waals surface area contributed by atoms with Crippen molar-refractivity contribution in [1.82, 2.24) is 0 Å². The Bertz CT molecular complexity index is 838. The quantitative estimate of drug-likeness (QED) is 0.325. The van der Waals surface area contributed by atoms with Gasteiger partial charge in [-0.2, -0.15) is 0 Å². The number of thioether (sulfide) groups is 1. The third-order valence-corrected chi connectivity index (χ3v) is 5.43. The Kier molecular flexibility index (Phi) is 5.05. The summed E-state index contributed by atoms with van der Waals surface area (Å²) in [6, 6.07) is 11.9. The van der Waals surface area contributed by atoms with E-state index < -0.39 is 5.82 Å². The lowest BCUT2D eigenvalue weighted by atomic mass is 10.2. The van der Waals surface area contributed by atoms with Gasteiger partial charge >= 0.3 is 0 Å². The first kappa shape index (κ1) is 16.9. The molecule has 0 atom stereocenters. The van der Waals surface area contributed by atoms with Gasteiger partial charge in [0.1, 0.15) is 5.82 Å². The second-order valence-corrected chi connectivity index (χ2v) is 8.00. The zero-order valence-electron chi connectivity index (χ0n) is 11.4. The Morgan fingerprint density at radius 1 is 1.22 bits per heavy atom. The van der Waals surface area contributed by atoms with Gasteiger partial charge in [-0.15, -0.1) is 0 Å². The second kappa shape index (κ2) is 6.88. The largest absolute Gasteiger partial charge is 0.270 e. The van der Waals surface area contributed by atoms with Gasteiger partial charge in [-0.1, -0.05) is 47.7 Å². The van der Waals surface area contributed by atoms with Crippen molar-refractivity contribution < 1.29 is 9.18 Å². The molecule has 0 radical (unpaired) electrons. The van der Waals surface area contributed by atoms with Crippen molar-refractivity contribution in [2.75, 3.05) is 4.90 Å². The molecule has 0 spiro atoms. The highest BCUT2D eigenvalue weighted by Gasteiger charge is 2.33. The number of hydrogen-bond donors (Lipinski definition) is 0. The molecule has 0 aromatic heterocycles. The molecule has 0 saturated carbocycles. The van der Waals surface area contributed by atoms with E-state index in [2.05, 4.69) is 22.6 Å². The van der Waals surface area contributed by atoms with Crippen molar-refractivity contribution in [2.24, 2.45) is 0 Å². The molecule has 0 unspecified atom stereocenters. The Hall–Kier alpha value is -0.960. The standard InChI is InChI=1S/C16H8ClFINOS2/c17-12-8-11(5-6-13(12)18)20-15(21)14(23-16(20)22)7-9-1-3-10(19)4-2-9/h1-8H/b14-7-. The lowest BCUT2D eigenvalue weighted by Crippen LogP contribution is -2.27. The van der Waals surface area contributed by atoms with E-state index in [1.165, 1.54) is 34.9 Å². The zero-order chi connectivity index (χ0) is 16.6. The summed E-state index contributed by atoms with van der Waals surface area (Å²) >= 11 is 14.5. The summed E-state index contributed by atoms with van der Waals surface area (Å²) in [5, 5.41) is -0.0434. The van der Waals surface area contributed by atoms with Crippen LogP contribution in [-0.2, 0) is 4.79 Å². The van der Waals surface area contributed by atoms with E-state index in [0.717, 1.165) is 9.13 Å². The predicted octanol–water partition coefficient (Wildman–Crippen LogP) is 5.49. The van der Waals surface area contributed by atoms with Crippen molar-refractivity contribution in [3.05, 3.63) is 67.3 Å². The fourth-order valence-corrected chi connectivity index (χ4v) is 3.86. The summed E-state index contributed by atoms with van der Waals surface area (Å²) in [7, 11) is 0. The van der Waals surface area contributed by atoms with Gasteiger partial charge in [0.2, 0.25) is 0 Å². The van der Waals surface area contributed by atoms with E-state index >= 15 is 0 Å². The number of benzene rings is 2. The van der Waals surface area contributed by atoms with Crippen molar-refractivity contribution in [1.29, 1.82) is 0 Å². The first-order valence-electron chi connectivity index (χ1n) is 6.44. The Morgan fingerprint density at radius 2 is 1.91 bits per heavy atom. The number of carbonyl (C=O) groups excluding carboxylic acids is 1. The molecule has 0 bridgehead atoms. The molecule has 116 valence electrons. The Labute approximate surface area is 160 Å². The summed E-state index contributed by atoms with van der Waals surface area (Å²) < 4.78 is 14.8. The first-order chi connectivity index (χ1) is 11.0. The summed E-state index contributed by atoms with van der Waals surface area (Å²) in [5.74, 6) is -0.767. The molecule has 0 N–H and O–H groups in total. The van der Waals surface area contributed by atoms with E-state index in [-0.39, 0.29) is 10.9 Å². The predicted molar refractivity (Wildman–Crippen MR) is 106 cm³/mol. The minimum atomic E-state index is -0.532. The maximum absolute atomic E-state index is 13.3. The number of amides is 1. The fraction of sp³-hybridized carbons (Fsp3) is 0. The molecule has 1 saturated heterocycles. The lowest BCUT2D eigenvalue weighted by Gasteiger charge is -2.14. The lowest BCUT2D eigenvalue weighted by molar-refractivity contribution is -0.113. The Balaban J connectivity index is 1.93. The van der Waals surface area contributed by atoms with E-state index in [9.17, 15) is 9.18 Å². The molecule has 2 aromatic rings. The molecule has 23 heavy (non-hydrogen) atoms. The fourth-order valence-electron chi connectivity index (χ4n) is 2.02. The summed E-state index contributed by atoms with van der Waals surface area (Å²) in [4.78, 5) is 14.5. The molecule has 1 aliphatic heterocycles. The smallest absolute Gasteiger partial charge is 0.268 e. The first-order valence-corrected chi connectivity index (χ1v) is 9.12. The van der Waals surface area contributed by atoms with Crippen LogP contribution in [0.25, 0.3) is 6.08 Å². The zero-order valence-corrected chi connectivity index (χ0v) is 16.0. The molecule has 2 nitrogen and oxygen atoms in total. The number of carbonyl (C=O) groups is 1. The summed E-state index contributed by atoms with van der Waals surface area (Å²) in [6.07, 6.45) is 1.79. The molecule has 3 rings (SSSR count). The van der Waals surface area contributed by atoms with Crippen LogP contribution in [0.5, 0.6) is 0 Å². The van der Waals surface area contributed by atoms with Crippen LogP contribution in [0.2, 0.25) is 5.02 Å². The number of nitrogens with zero attached hydrogens (tertiary/aromatic N) is 1. The van der Waals surface area contributed by atoms with Crippen LogP contribution in [0.4, 0.5) is 10.1 Å². The van der Waals surface area contributed by atoms with Crippen molar-refractivity contribution in [3.8, 4) is 0 Å². The van der Waals surface area contributed by atoms with Crippen molar-refractivity contribution >= 4 is 80.2 Å². The molecule has 1 fully saturated rings. The molecule has 7 heteroatoms. The number of hydrogen-bond acceptors (Lipinski definition) is 3. The van der Waals surface area contributed by atoms with Gasteiger partial charge < -0.3 is 0 Å². The van der Waals surface area contributed by atoms with E-state index in [1.807, 2.05) is 24.3 Å². The van der Waals surface area contributed by atoms with Crippen LogP contribution < -0.4 is 4.90 Å². The van der Waals surface area contributed by atoms with Gasteiger partial charge in [-0.3, -0.25) is 9.69 Å². The van der Waals surface area contributed by atoms with Crippen molar-refractivity contribution in [2.45, 2.75) is 0 Å². The minimum Gasteiger partial charge on any atom is -0.268 e. The number of thiocarbonyl (C=S) groups is 1. The average molecular weight is 476 g/mol. The number of rotatable bonds is 2. The van der Waals surface area contributed by atoms with Gasteiger partial charge in [0.05, 0.1) is 15.6 Å². The molecular weight excluding hydrogens is 468 g/mol. The topological polar surface area (TPSA) is 20.3 Å². The monoisotopic (exact) mass is 475 g/mol. The van der Waals surface area contributed by atoms with E-state index in [0.29, 0.717) is 14.9 Å². The highest BCUT2D eigenvalue weighted by molar-refractivity contribution is 14.1. The molecule has 0 aliphatic carbocycles. The highest BCUT2D eigenvalue weighted by Crippen LogP contribution is 2.37. The van der Waals surface area contributed by atoms with E-state index in [4.69, 9.17) is 23.8 Å². The molecule has 2 aromatic carbocycles. The Morgan fingerprint density at radius 3 is 2.57 bits per heavy atom. The highest BCUT2D eigenvalue weighted by atomic mass is 127. The third-order valence-electron chi connectivity index (χ3n) is 3.12. The van der Waals surface area contributed by atoms with Gasteiger partial charge in [0, 0.05) is 3.57 Å². The van der Waals surface area contributed by atoms with E-state index in [1.54, 1.807) is 6.08 Å². The summed E-state index contributed by atoms with van der Waals surface area (Å²) in [5.41, 5.74) is 1.38. The number of anilines is 1. The SMILES string of the molecule is O=C1/C(=C/c2ccc(I)cc2)SC(=S)N1c1ccc(F)c(Cl)c1. The average Bonchev–Trinajstić information content (AvgIpc) is 2.79. The van der Waals surface area contributed by atoms with Crippen LogP contribution in [0, 0.1) is 9.39 Å². The van der Waals surface area contributed by atoms with Crippen LogP contribution in [0.15, 0.2) is 47.4 Å². The van der Waals surface area contributed by atoms with Gasteiger partial charge in [0.15, 0.2) is 4.32 Å². The molecular formula is C16H8ClFINOS2. The molecule has 1 heterocycles. The summed E-state index contributed by atoms with van der Waals surface area (Å²) in [6.45, 7) is 0. The number of halogens is 3. The van der Waals surface area contributed by atoms with Crippen molar-refractivity contribution in [3.63, 3.8) is 0 Å². The maximum Gasteiger partial charge on any atom is 0.270 e. The van der Waals surface area contributed by atoms with Crippen LogP contribution in [0.1, 0.15) is 5.56 Å². The van der Waals surface area contributed by atoms with Gasteiger partial charge in [-0.05, 0) is 64.6 Å². The van der Waals surface area contributed by atoms with Crippen LogP contribution in [0.3, 0.4) is 0 Å². The molecule has 1 amide bonds. The second-order valence-electron chi connectivity index (χ2n) is 4.67. The minimum absolute atomic E-state index is 0.0434. The van der Waals surface area contributed by atoms with Gasteiger partial charge in [-0.25, -0.2) is 4.39 Å². The third kappa shape index (κ3) is 3.60. The maximum atomic E-state index is 13.3. The molecule has 1 aliphatic rings.